The second-order valence-electron chi connectivity index (χ2n) is 9.64. The maximum Gasteiger partial charge on any atom is 0.490 e. The fraction of sp³-hybridized carbons (Fsp3) is 0.462. The largest absolute Gasteiger partial charge is 0.490 e. The molecule has 0 bridgehead atoms. The van der Waals surface area contributed by atoms with Crippen LogP contribution in [0.1, 0.15) is 43.0 Å². The molecule has 2 fully saturated rings. The van der Waals surface area contributed by atoms with Crippen LogP contribution in [0.5, 0.6) is 0 Å². The number of aromatic nitrogens is 3. The number of aliphatic carboxylic acids is 2. The fourth-order valence-electron chi connectivity index (χ4n) is 4.42. The monoisotopic (exact) mass is 607 g/mol. The van der Waals surface area contributed by atoms with Crippen molar-refractivity contribution in [3.63, 3.8) is 0 Å². The molecule has 0 atom stereocenters. The molecule has 0 amide bonds. The van der Waals surface area contributed by atoms with Crippen LogP contribution in [0.3, 0.4) is 0 Å². The van der Waals surface area contributed by atoms with Gasteiger partial charge in [0.15, 0.2) is 11.5 Å². The van der Waals surface area contributed by atoms with Crippen LogP contribution in [-0.2, 0) is 16.1 Å². The van der Waals surface area contributed by atoms with E-state index in [4.69, 9.17) is 29.9 Å². The Hall–Kier alpha value is -3.95. The maximum atomic E-state index is 13.1. The van der Waals surface area contributed by atoms with E-state index >= 15 is 0 Å². The minimum atomic E-state index is -5.08. The highest BCUT2D eigenvalue weighted by Crippen LogP contribution is 2.28. The molecule has 9 nitrogen and oxygen atoms in total. The van der Waals surface area contributed by atoms with E-state index in [0.717, 1.165) is 57.0 Å². The molecule has 3 aromatic rings. The Morgan fingerprint density at radius 1 is 0.833 bits per heavy atom. The number of anilines is 1. The summed E-state index contributed by atoms with van der Waals surface area (Å²) in [5.74, 6) is -4.30. The first-order valence-electron chi connectivity index (χ1n) is 12.8. The van der Waals surface area contributed by atoms with Gasteiger partial charge in [-0.15, -0.1) is 0 Å². The van der Waals surface area contributed by atoms with E-state index in [0.29, 0.717) is 5.92 Å². The van der Waals surface area contributed by atoms with E-state index in [2.05, 4.69) is 28.1 Å². The van der Waals surface area contributed by atoms with Crippen molar-refractivity contribution in [2.45, 2.75) is 50.5 Å². The molecule has 1 aromatic carbocycles. The lowest BCUT2D eigenvalue weighted by atomic mass is 9.96. The van der Waals surface area contributed by atoms with Gasteiger partial charge in [0.05, 0.1) is 11.9 Å². The lowest BCUT2D eigenvalue weighted by Crippen LogP contribution is -2.32. The minimum absolute atomic E-state index is 0.173. The summed E-state index contributed by atoms with van der Waals surface area (Å²) >= 11 is 0. The smallest absolute Gasteiger partial charge is 0.475 e. The van der Waals surface area contributed by atoms with Crippen molar-refractivity contribution in [1.29, 1.82) is 0 Å². The van der Waals surface area contributed by atoms with Crippen LogP contribution in [0, 0.1) is 5.82 Å². The first-order valence-corrected chi connectivity index (χ1v) is 12.8. The SMILES string of the molecule is Fc1ccc(CN2CCC(c3nc4ccc(N5CCCC5)cn4n3)CC2)cc1.O=C(O)C(F)(F)F.O=C(O)C(F)(F)F. The van der Waals surface area contributed by atoms with E-state index in [1.807, 2.05) is 16.6 Å². The molecule has 5 rings (SSSR count). The number of benzene rings is 1. The summed E-state index contributed by atoms with van der Waals surface area (Å²) in [6.07, 6.45) is -3.36. The average Bonchev–Trinajstić information content (AvgIpc) is 3.60. The van der Waals surface area contributed by atoms with Crippen LogP contribution in [0.25, 0.3) is 5.65 Å². The van der Waals surface area contributed by atoms with Gasteiger partial charge in [0.25, 0.3) is 0 Å². The zero-order valence-corrected chi connectivity index (χ0v) is 22.1. The van der Waals surface area contributed by atoms with Gasteiger partial charge >= 0.3 is 24.3 Å². The van der Waals surface area contributed by atoms with Crippen LogP contribution < -0.4 is 4.90 Å². The molecule has 2 aromatic heterocycles. The molecular formula is C26H28F7N5O4. The Kier molecular flexibility index (Phi) is 10.7. The number of carboxylic acids is 2. The number of piperidine rings is 1. The van der Waals surface area contributed by atoms with Gasteiger partial charge in [-0.05, 0) is 68.6 Å². The van der Waals surface area contributed by atoms with Crippen molar-refractivity contribution >= 4 is 23.3 Å². The van der Waals surface area contributed by atoms with Crippen molar-refractivity contribution in [2.24, 2.45) is 0 Å². The lowest BCUT2D eigenvalue weighted by molar-refractivity contribution is -0.193. The van der Waals surface area contributed by atoms with Gasteiger partial charge in [-0.3, -0.25) is 4.90 Å². The Labute approximate surface area is 235 Å². The zero-order chi connectivity index (χ0) is 31.1. The van der Waals surface area contributed by atoms with E-state index in [9.17, 15) is 30.7 Å². The molecule has 2 saturated heterocycles. The number of likely N-dealkylation sites (tertiary alicyclic amines) is 1. The highest BCUT2D eigenvalue weighted by Gasteiger charge is 2.38. The van der Waals surface area contributed by atoms with Crippen molar-refractivity contribution < 1.29 is 50.5 Å². The number of rotatable bonds is 4. The number of fused-ring (bicyclic) bond motifs is 1. The molecule has 0 saturated carbocycles. The summed E-state index contributed by atoms with van der Waals surface area (Å²) in [5, 5.41) is 19.1. The highest BCUT2D eigenvalue weighted by molar-refractivity contribution is 5.73. The van der Waals surface area contributed by atoms with Gasteiger partial charge in [-0.25, -0.2) is 23.5 Å². The Balaban J connectivity index is 0.000000289. The number of carbonyl (C=O) groups is 2. The quantitative estimate of drug-likeness (QED) is 0.394. The van der Waals surface area contributed by atoms with Crippen molar-refractivity contribution in [3.05, 3.63) is 59.8 Å². The molecule has 42 heavy (non-hydrogen) atoms. The molecule has 16 heteroatoms. The van der Waals surface area contributed by atoms with Crippen molar-refractivity contribution in [2.75, 3.05) is 31.1 Å². The first-order chi connectivity index (χ1) is 19.6. The summed E-state index contributed by atoms with van der Waals surface area (Å²) in [4.78, 5) is 27.4. The summed E-state index contributed by atoms with van der Waals surface area (Å²) in [6, 6.07) is 11.1. The zero-order valence-electron chi connectivity index (χ0n) is 22.1. The van der Waals surface area contributed by atoms with Crippen LogP contribution in [0.15, 0.2) is 42.6 Å². The Morgan fingerprint density at radius 3 is 1.86 bits per heavy atom. The number of hydrogen-bond donors (Lipinski definition) is 2. The first kappa shape index (κ1) is 32.6. The molecule has 0 aliphatic carbocycles. The number of carboxylic acid groups (broad SMARTS) is 2. The van der Waals surface area contributed by atoms with E-state index in [1.165, 1.54) is 24.1 Å². The van der Waals surface area contributed by atoms with Gasteiger partial charge in [-0.2, -0.15) is 31.4 Å². The fourth-order valence-corrected chi connectivity index (χ4v) is 4.42. The standard InChI is InChI=1S/C22H26FN5.2C2HF3O2/c23-19-5-3-17(4-6-19)15-26-13-9-18(10-14-26)22-24-21-8-7-20(16-28(21)25-22)27-11-1-2-12-27;2*3-2(4,5)1(6)7/h3-8,16,18H,1-2,9-15H2;2*(H,6,7). The van der Waals surface area contributed by atoms with E-state index in [-0.39, 0.29) is 5.82 Å². The maximum absolute atomic E-state index is 13.1. The second-order valence-corrected chi connectivity index (χ2v) is 9.64. The second kappa shape index (κ2) is 13.8. The number of hydrogen-bond acceptors (Lipinski definition) is 6. The van der Waals surface area contributed by atoms with Crippen molar-refractivity contribution in [3.8, 4) is 0 Å². The predicted octanol–water partition coefficient (Wildman–Crippen LogP) is 5.11. The van der Waals surface area contributed by atoms with E-state index in [1.54, 1.807) is 12.1 Å². The van der Waals surface area contributed by atoms with Gasteiger partial charge < -0.3 is 15.1 Å². The van der Waals surface area contributed by atoms with Gasteiger partial charge in [-0.1, -0.05) is 12.1 Å². The third-order valence-electron chi connectivity index (χ3n) is 6.56. The van der Waals surface area contributed by atoms with Crippen LogP contribution in [0.2, 0.25) is 0 Å². The Bertz CT molecular complexity index is 1310. The summed E-state index contributed by atoms with van der Waals surface area (Å²) < 4.78 is 78.5. The molecule has 0 radical (unpaired) electrons. The Morgan fingerprint density at radius 2 is 1.36 bits per heavy atom. The molecule has 0 unspecified atom stereocenters. The highest BCUT2D eigenvalue weighted by atomic mass is 19.4. The molecule has 230 valence electrons. The van der Waals surface area contributed by atoms with Gasteiger partial charge in [0.2, 0.25) is 0 Å². The van der Waals surface area contributed by atoms with Crippen LogP contribution in [0.4, 0.5) is 36.4 Å². The number of halogens is 7. The lowest BCUT2D eigenvalue weighted by Gasteiger charge is -2.30. The third-order valence-corrected chi connectivity index (χ3v) is 6.56. The number of alkyl halides is 6. The van der Waals surface area contributed by atoms with E-state index < -0.39 is 24.3 Å². The van der Waals surface area contributed by atoms with Gasteiger partial charge in [0.1, 0.15) is 5.82 Å². The topological polar surface area (TPSA) is 111 Å². The molecule has 2 N–H and O–H groups in total. The normalized spacial score (nSPS) is 16.4. The molecule has 2 aliphatic heterocycles. The van der Waals surface area contributed by atoms with Crippen molar-refractivity contribution in [1.82, 2.24) is 19.5 Å². The summed E-state index contributed by atoms with van der Waals surface area (Å²) in [7, 11) is 0. The van der Waals surface area contributed by atoms with Crippen LogP contribution in [-0.4, -0.2) is 80.2 Å². The van der Waals surface area contributed by atoms with Gasteiger partial charge in [0, 0.05) is 25.6 Å². The molecule has 4 heterocycles. The minimum Gasteiger partial charge on any atom is -0.475 e. The molecular weight excluding hydrogens is 579 g/mol. The summed E-state index contributed by atoms with van der Waals surface area (Å²) in [6.45, 7) is 5.21. The molecule has 0 spiro atoms. The summed E-state index contributed by atoms with van der Waals surface area (Å²) in [5.41, 5.74) is 3.35. The van der Waals surface area contributed by atoms with Crippen LogP contribution >= 0.6 is 0 Å². The molecule has 2 aliphatic rings. The third kappa shape index (κ3) is 9.56. The number of pyridine rings is 1. The number of nitrogens with zero attached hydrogens (tertiary/aromatic N) is 5. The predicted molar refractivity (Wildman–Crippen MR) is 135 cm³/mol. The average molecular weight is 608 g/mol.